The number of aromatic nitrogens is 3. The molecule has 0 fully saturated rings. The number of nitrogens with one attached hydrogen (secondary N) is 2. The fourth-order valence-corrected chi connectivity index (χ4v) is 1.75. The smallest absolute Gasteiger partial charge is 0.215 e. The molecule has 0 bridgehead atoms. The van der Waals surface area contributed by atoms with E-state index in [1.54, 1.807) is 0 Å². The fraction of sp³-hybridized carbons (Fsp3) is 0.727. The van der Waals surface area contributed by atoms with Crippen molar-refractivity contribution in [1.82, 2.24) is 20.1 Å². The highest BCUT2D eigenvalue weighted by Crippen LogP contribution is 2.05. The van der Waals surface area contributed by atoms with E-state index >= 15 is 0 Å². The molecule has 0 saturated carbocycles. The van der Waals surface area contributed by atoms with Crippen LogP contribution in [0.3, 0.4) is 0 Å². The Kier molecular flexibility index (Phi) is 6.07. The van der Waals surface area contributed by atoms with Crippen molar-refractivity contribution >= 4 is 18.0 Å². The van der Waals surface area contributed by atoms with Crippen LogP contribution in [-0.2, 0) is 0 Å². The molecule has 0 amide bonds. The zero-order valence-electron chi connectivity index (χ0n) is 10.8. The van der Waals surface area contributed by atoms with E-state index in [1.807, 2.05) is 6.92 Å². The number of aromatic amines is 1. The zero-order valence-corrected chi connectivity index (χ0v) is 11.6. The lowest BCUT2D eigenvalue weighted by molar-refractivity contribution is 0.303. The number of hydrogen-bond acceptors (Lipinski definition) is 5. The molecule has 1 aromatic rings. The Morgan fingerprint density at radius 2 is 2.06 bits per heavy atom. The van der Waals surface area contributed by atoms with Crippen LogP contribution in [0.2, 0.25) is 0 Å². The standard InChI is InChI=1S/C11H21N5S/c1-4-16(5-2)8-6-7-12-10-9(3)14-15-11(17)13-10/h4-8H2,1-3H3,(H2,12,13,15,17). The molecule has 96 valence electrons. The van der Waals surface area contributed by atoms with Crippen LogP contribution >= 0.6 is 12.2 Å². The second-order valence-corrected chi connectivity index (χ2v) is 4.27. The minimum atomic E-state index is 0.418. The molecule has 1 aromatic heterocycles. The average Bonchev–Trinajstić information content (AvgIpc) is 2.33. The Labute approximate surface area is 108 Å². The van der Waals surface area contributed by atoms with E-state index < -0.39 is 0 Å². The van der Waals surface area contributed by atoms with Gasteiger partial charge < -0.3 is 10.2 Å². The Hall–Kier alpha value is -1.01. The Morgan fingerprint density at radius 3 is 2.71 bits per heavy atom. The molecule has 0 aliphatic carbocycles. The van der Waals surface area contributed by atoms with Crippen LogP contribution in [-0.4, -0.2) is 46.3 Å². The molecule has 0 aromatic carbocycles. The van der Waals surface area contributed by atoms with Gasteiger partial charge in [0.25, 0.3) is 0 Å². The van der Waals surface area contributed by atoms with E-state index in [0.717, 1.165) is 44.1 Å². The molecular weight excluding hydrogens is 234 g/mol. The van der Waals surface area contributed by atoms with Crippen LogP contribution in [0.5, 0.6) is 0 Å². The third-order valence-corrected chi connectivity index (χ3v) is 2.90. The first-order valence-corrected chi connectivity index (χ1v) is 6.47. The summed E-state index contributed by atoms with van der Waals surface area (Å²) in [5.74, 6) is 0.785. The fourth-order valence-electron chi connectivity index (χ4n) is 1.61. The maximum atomic E-state index is 4.94. The summed E-state index contributed by atoms with van der Waals surface area (Å²) in [5, 5.41) is 10.0. The van der Waals surface area contributed by atoms with Gasteiger partial charge >= 0.3 is 0 Å². The molecule has 0 aliphatic rings. The lowest BCUT2D eigenvalue weighted by Gasteiger charge is -2.17. The first-order valence-electron chi connectivity index (χ1n) is 6.07. The molecule has 0 unspecified atom stereocenters. The lowest BCUT2D eigenvalue weighted by atomic mass is 10.3. The summed E-state index contributed by atoms with van der Waals surface area (Å²) in [4.78, 5) is 6.60. The highest BCUT2D eigenvalue weighted by Gasteiger charge is 2.01. The molecule has 5 nitrogen and oxygen atoms in total. The molecular formula is C11H21N5S. The van der Waals surface area contributed by atoms with E-state index in [0.29, 0.717) is 4.77 Å². The molecule has 0 spiro atoms. The summed E-state index contributed by atoms with van der Waals surface area (Å²) in [5.41, 5.74) is 0.849. The third-order valence-electron chi connectivity index (χ3n) is 2.71. The Balaban J connectivity index is 2.35. The van der Waals surface area contributed by atoms with E-state index in [4.69, 9.17) is 12.2 Å². The summed E-state index contributed by atoms with van der Waals surface area (Å²) < 4.78 is 0.418. The maximum absolute atomic E-state index is 4.94. The van der Waals surface area contributed by atoms with Crippen LogP contribution in [0.4, 0.5) is 5.82 Å². The van der Waals surface area contributed by atoms with Gasteiger partial charge in [-0.3, -0.25) is 5.10 Å². The largest absolute Gasteiger partial charge is 0.368 e. The molecule has 0 saturated heterocycles. The van der Waals surface area contributed by atoms with Crippen molar-refractivity contribution in [1.29, 1.82) is 0 Å². The molecule has 1 heterocycles. The normalized spacial score (nSPS) is 10.8. The van der Waals surface area contributed by atoms with Gasteiger partial charge in [-0.1, -0.05) is 13.8 Å². The summed E-state index contributed by atoms with van der Waals surface area (Å²) in [6.45, 7) is 10.5. The van der Waals surface area contributed by atoms with E-state index in [1.165, 1.54) is 0 Å². The molecule has 2 N–H and O–H groups in total. The van der Waals surface area contributed by atoms with Crippen molar-refractivity contribution in [2.45, 2.75) is 27.2 Å². The van der Waals surface area contributed by atoms with Crippen molar-refractivity contribution in [3.63, 3.8) is 0 Å². The van der Waals surface area contributed by atoms with E-state index in [-0.39, 0.29) is 0 Å². The van der Waals surface area contributed by atoms with Crippen molar-refractivity contribution in [2.75, 3.05) is 31.5 Å². The zero-order chi connectivity index (χ0) is 12.7. The van der Waals surface area contributed by atoms with Gasteiger partial charge in [0.15, 0.2) is 5.82 Å². The van der Waals surface area contributed by atoms with Crippen LogP contribution in [0.1, 0.15) is 26.0 Å². The van der Waals surface area contributed by atoms with Crippen LogP contribution in [0.15, 0.2) is 0 Å². The van der Waals surface area contributed by atoms with Crippen LogP contribution in [0, 0.1) is 11.7 Å². The summed E-state index contributed by atoms with van der Waals surface area (Å²) in [6, 6.07) is 0. The quantitative estimate of drug-likeness (QED) is 0.576. The number of H-pyrrole nitrogens is 1. The molecule has 0 atom stereocenters. The minimum Gasteiger partial charge on any atom is -0.368 e. The van der Waals surface area contributed by atoms with Gasteiger partial charge in [0.2, 0.25) is 4.77 Å². The molecule has 0 aliphatic heterocycles. The van der Waals surface area contributed by atoms with Gasteiger partial charge in [-0.05, 0) is 45.2 Å². The molecule has 0 radical (unpaired) electrons. The highest BCUT2D eigenvalue weighted by molar-refractivity contribution is 7.71. The van der Waals surface area contributed by atoms with Gasteiger partial charge in [0.05, 0.1) is 5.69 Å². The summed E-state index contributed by atoms with van der Waals surface area (Å²) in [7, 11) is 0. The van der Waals surface area contributed by atoms with Gasteiger partial charge in [-0.2, -0.15) is 10.1 Å². The van der Waals surface area contributed by atoms with Gasteiger partial charge in [-0.15, -0.1) is 0 Å². The van der Waals surface area contributed by atoms with Crippen molar-refractivity contribution in [3.05, 3.63) is 10.5 Å². The number of hydrogen-bond donors (Lipinski definition) is 2. The van der Waals surface area contributed by atoms with Gasteiger partial charge in [0, 0.05) is 6.54 Å². The van der Waals surface area contributed by atoms with E-state index in [9.17, 15) is 0 Å². The first-order chi connectivity index (χ1) is 8.17. The topological polar surface area (TPSA) is 56.8 Å². The summed E-state index contributed by atoms with van der Waals surface area (Å²) in [6.07, 6.45) is 1.09. The third kappa shape index (κ3) is 4.79. The van der Waals surface area contributed by atoms with Gasteiger partial charge in [0.1, 0.15) is 0 Å². The second-order valence-electron chi connectivity index (χ2n) is 3.88. The predicted octanol–water partition coefficient (Wildman–Crippen LogP) is 1.99. The summed E-state index contributed by atoms with van der Waals surface area (Å²) >= 11 is 4.94. The molecule has 6 heteroatoms. The first kappa shape index (κ1) is 14.1. The molecule has 17 heavy (non-hydrogen) atoms. The monoisotopic (exact) mass is 255 g/mol. The highest BCUT2D eigenvalue weighted by atomic mass is 32.1. The maximum Gasteiger partial charge on any atom is 0.215 e. The van der Waals surface area contributed by atoms with E-state index in [2.05, 4.69) is 39.2 Å². The predicted molar refractivity (Wildman–Crippen MR) is 72.8 cm³/mol. The Morgan fingerprint density at radius 1 is 1.35 bits per heavy atom. The van der Waals surface area contributed by atoms with Crippen molar-refractivity contribution < 1.29 is 0 Å². The Bertz CT molecular complexity index is 386. The van der Waals surface area contributed by atoms with Crippen molar-refractivity contribution in [2.24, 2.45) is 0 Å². The number of anilines is 1. The minimum absolute atomic E-state index is 0.418. The second kappa shape index (κ2) is 7.34. The molecule has 1 rings (SSSR count). The van der Waals surface area contributed by atoms with Gasteiger partial charge in [-0.25, -0.2) is 0 Å². The lowest BCUT2D eigenvalue weighted by Crippen LogP contribution is -2.25. The van der Waals surface area contributed by atoms with Crippen LogP contribution < -0.4 is 5.32 Å². The average molecular weight is 255 g/mol. The SMILES string of the molecule is CCN(CC)CCCNc1nc(=S)[nH]nc1C. The number of nitrogens with zero attached hydrogens (tertiary/aromatic N) is 3. The van der Waals surface area contributed by atoms with Crippen molar-refractivity contribution in [3.8, 4) is 0 Å². The number of rotatable bonds is 7. The van der Waals surface area contributed by atoms with Crippen LogP contribution in [0.25, 0.3) is 0 Å². The number of aryl methyl sites for hydroxylation is 1.